The minimum Gasteiger partial charge on any atom is -0.458 e. The lowest BCUT2D eigenvalue weighted by atomic mass is 9.68. The van der Waals surface area contributed by atoms with E-state index in [4.69, 9.17) is 20.2 Å². The number of carbonyl (C=O) groups excluding carboxylic acids is 4. The monoisotopic (exact) mass is 677 g/mol. The Hall–Kier alpha value is -4.89. The summed E-state index contributed by atoms with van der Waals surface area (Å²) in [5, 5.41) is 17.7. The third-order valence-electron chi connectivity index (χ3n) is 10.6. The lowest BCUT2D eigenvalue weighted by Crippen LogP contribution is -2.50. The number of hydrogen-bond acceptors (Lipinski definition) is 10. The number of benzene rings is 1. The summed E-state index contributed by atoms with van der Waals surface area (Å²) in [6, 6.07) is 2.48. The van der Waals surface area contributed by atoms with E-state index in [9.17, 15) is 29.1 Å². The molecule has 258 valence electrons. The van der Waals surface area contributed by atoms with Crippen LogP contribution in [0.3, 0.4) is 0 Å². The number of amides is 3. The molecule has 1 saturated carbocycles. The Bertz CT molecular complexity index is 2020. The summed E-state index contributed by atoms with van der Waals surface area (Å²) in [6.45, 7) is 2.50. The van der Waals surface area contributed by atoms with Crippen LogP contribution in [0.1, 0.15) is 78.5 Å². The Kier molecular flexibility index (Phi) is 7.94. The minimum absolute atomic E-state index is 0.00548. The molecular weight excluding hydrogens is 641 g/mol. The third-order valence-corrected chi connectivity index (χ3v) is 10.6. The Labute approximate surface area is 279 Å². The summed E-state index contributed by atoms with van der Waals surface area (Å²) in [5.74, 6) is -2.07. The van der Waals surface area contributed by atoms with Crippen LogP contribution in [0.4, 0.5) is 9.18 Å². The van der Waals surface area contributed by atoms with Gasteiger partial charge in [0.2, 0.25) is 5.91 Å². The second kappa shape index (κ2) is 11.9. The Balaban J connectivity index is 1.23. The highest BCUT2D eigenvalue weighted by Gasteiger charge is 2.47. The van der Waals surface area contributed by atoms with Gasteiger partial charge in [0.15, 0.2) is 12.2 Å². The third kappa shape index (κ3) is 5.14. The predicted octanol–water partition coefficient (Wildman–Crippen LogP) is 1.99. The summed E-state index contributed by atoms with van der Waals surface area (Å²) < 4.78 is 32.1. The molecule has 14 nitrogen and oxygen atoms in total. The molecule has 0 radical (unpaired) electrons. The first-order chi connectivity index (χ1) is 23.4. The predicted molar refractivity (Wildman–Crippen MR) is 169 cm³/mol. The standard InChI is InChI=1S/C34H36FN5O9/c1-3-34(46)20-9-24-28-18(11-40(24)29(42)19(20)12-48-31(34)44)27-22(6-5-17-16(2)21(35)10-23(38-28)26(17)27)39-30(43)33(7-4-8-33)14-47-15-37-25(41)13-49-32(36)45/h9-10,22,46H,3-8,11-15H2,1-2H3,(H2,36,45)(H,37,41)(H,39,43)/t22-,34-/m0/s1. The molecule has 7 rings (SSSR count). The van der Waals surface area contributed by atoms with Gasteiger partial charge >= 0.3 is 12.1 Å². The van der Waals surface area contributed by atoms with Crippen LogP contribution in [0.15, 0.2) is 16.9 Å². The molecule has 1 fully saturated rings. The van der Waals surface area contributed by atoms with Gasteiger partial charge in [0.05, 0.1) is 47.1 Å². The number of aryl methyl sites for hydroxylation is 1. The zero-order valence-electron chi connectivity index (χ0n) is 27.1. The molecule has 49 heavy (non-hydrogen) atoms. The van der Waals surface area contributed by atoms with Gasteiger partial charge in [-0.25, -0.2) is 19.0 Å². The van der Waals surface area contributed by atoms with Crippen molar-refractivity contribution >= 4 is 34.8 Å². The Morgan fingerprint density at radius 1 is 1.20 bits per heavy atom. The quantitative estimate of drug-likeness (QED) is 0.115. The van der Waals surface area contributed by atoms with E-state index in [1.807, 2.05) is 0 Å². The van der Waals surface area contributed by atoms with Gasteiger partial charge in [-0.2, -0.15) is 0 Å². The number of aliphatic hydroxyl groups is 1. The van der Waals surface area contributed by atoms with E-state index in [-0.39, 0.29) is 49.9 Å². The van der Waals surface area contributed by atoms with Crippen molar-refractivity contribution in [1.29, 1.82) is 0 Å². The first-order valence-electron chi connectivity index (χ1n) is 16.3. The maximum atomic E-state index is 15.3. The van der Waals surface area contributed by atoms with Gasteiger partial charge in [-0.15, -0.1) is 0 Å². The van der Waals surface area contributed by atoms with Gasteiger partial charge in [0, 0.05) is 22.6 Å². The second-order valence-corrected chi connectivity index (χ2v) is 13.2. The number of pyridine rings is 2. The largest absolute Gasteiger partial charge is 0.458 e. The first-order valence-corrected chi connectivity index (χ1v) is 16.3. The van der Waals surface area contributed by atoms with Crippen molar-refractivity contribution in [3.63, 3.8) is 0 Å². The second-order valence-electron chi connectivity index (χ2n) is 13.2. The summed E-state index contributed by atoms with van der Waals surface area (Å²) in [4.78, 5) is 67.9. The van der Waals surface area contributed by atoms with Crippen LogP contribution >= 0.6 is 0 Å². The lowest BCUT2D eigenvalue weighted by Gasteiger charge is -2.41. The van der Waals surface area contributed by atoms with Crippen LogP contribution in [-0.2, 0) is 53.8 Å². The number of ether oxygens (including phenoxy) is 3. The van der Waals surface area contributed by atoms with Crippen molar-refractivity contribution in [3.05, 3.63) is 61.7 Å². The topological polar surface area (TPSA) is 201 Å². The normalized spacial score (nSPS) is 21.1. The number of aromatic nitrogens is 2. The number of nitrogens with one attached hydrogen (secondary N) is 2. The molecule has 2 aliphatic heterocycles. The van der Waals surface area contributed by atoms with E-state index in [0.717, 1.165) is 22.9 Å². The van der Waals surface area contributed by atoms with Crippen LogP contribution in [0.25, 0.3) is 22.3 Å². The van der Waals surface area contributed by atoms with E-state index >= 15 is 4.39 Å². The van der Waals surface area contributed by atoms with Crippen molar-refractivity contribution < 1.29 is 42.9 Å². The number of carbonyl (C=O) groups is 4. The summed E-state index contributed by atoms with van der Waals surface area (Å²) in [7, 11) is 0. The molecule has 15 heteroatoms. The smallest absolute Gasteiger partial charge is 0.405 e. The molecule has 3 aromatic rings. The molecule has 3 amide bonds. The van der Waals surface area contributed by atoms with Crippen molar-refractivity contribution in [1.82, 2.24) is 20.2 Å². The highest BCUT2D eigenvalue weighted by atomic mass is 19.1. The van der Waals surface area contributed by atoms with Crippen LogP contribution in [-0.4, -0.2) is 58.5 Å². The number of nitrogens with two attached hydrogens (primary N) is 1. The fourth-order valence-electron chi connectivity index (χ4n) is 7.62. The molecule has 2 atom stereocenters. The summed E-state index contributed by atoms with van der Waals surface area (Å²) in [5.41, 5.74) is 5.95. The zero-order valence-corrected chi connectivity index (χ0v) is 27.1. The highest BCUT2D eigenvalue weighted by Crippen LogP contribution is 2.47. The van der Waals surface area contributed by atoms with Crippen LogP contribution in [0.5, 0.6) is 0 Å². The van der Waals surface area contributed by atoms with Gasteiger partial charge < -0.3 is 40.3 Å². The van der Waals surface area contributed by atoms with Crippen molar-refractivity contribution in [3.8, 4) is 11.4 Å². The summed E-state index contributed by atoms with van der Waals surface area (Å²) in [6.07, 6.45) is 1.84. The van der Waals surface area contributed by atoms with E-state index in [1.165, 1.54) is 10.6 Å². The molecule has 0 unspecified atom stereocenters. The molecule has 1 aromatic carbocycles. The van der Waals surface area contributed by atoms with Gasteiger partial charge in [-0.3, -0.25) is 14.4 Å². The molecule has 0 saturated heterocycles. The van der Waals surface area contributed by atoms with Crippen molar-refractivity contribution in [2.45, 2.75) is 77.2 Å². The molecule has 0 spiro atoms. The average Bonchev–Trinajstić information content (AvgIpc) is 3.42. The molecule has 5 N–H and O–H groups in total. The number of halogens is 1. The molecular formula is C34H36FN5O9. The molecule has 4 aliphatic rings. The molecule has 2 aliphatic carbocycles. The van der Waals surface area contributed by atoms with Crippen molar-refractivity contribution in [2.75, 3.05) is 19.9 Å². The minimum atomic E-state index is -2.00. The molecule has 0 bridgehead atoms. The maximum Gasteiger partial charge on any atom is 0.405 e. The van der Waals surface area contributed by atoms with Crippen LogP contribution in [0, 0.1) is 18.2 Å². The number of hydrogen-bond donors (Lipinski definition) is 4. The first kappa shape index (κ1) is 32.6. The fourth-order valence-corrected chi connectivity index (χ4v) is 7.62. The zero-order chi connectivity index (χ0) is 34.8. The number of primary amides is 1. The highest BCUT2D eigenvalue weighted by molar-refractivity contribution is 5.94. The van der Waals surface area contributed by atoms with Gasteiger partial charge in [-0.05, 0) is 61.8 Å². The number of rotatable bonds is 9. The van der Waals surface area contributed by atoms with Crippen LogP contribution in [0.2, 0.25) is 0 Å². The summed E-state index contributed by atoms with van der Waals surface area (Å²) >= 11 is 0. The van der Waals surface area contributed by atoms with E-state index in [2.05, 4.69) is 15.4 Å². The average molecular weight is 678 g/mol. The van der Waals surface area contributed by atoms with E-state index in [1.54, 1.807) is 19.9 Å². The van der Waals surface area contributed by atoms with E-state index in [0.29, 0.717) is 53.7 Å². The fraction of sp³-hybridized carbons (Fsp3) is 0.471. The Morgan fingerprint density at radius 2 is 1.98 bits per heavy atom. The van der Waals surface area contributed by atoms with Gasteiger partial charge in [0.25, 0.3) is 11.5 Å². The van der Waals surface area contributed by atoms with E-state index < -0.39 is 53.0 Å². The number of nitrogens with zero attached hydrogens (tertiary/aromatic N) is 2. The maximum absolute atomic E-state index is 15.3. The lowest BCUT2D eigenvalue weighted by molar-refractivity contribution is -0.172. The van der Waals surface area contributed by atoms with Gasteiger partial charge in [-0.1, -0.05) is 13.3 Å². The number of cyclic esters (lactones) is 1. The number of fused-ring (bicyclic) bond motifs is 5. The van der Waals surface area contributed by atoms with Gasteiger partial charge in [0.1, 0.15) is 19.2 Å². The van der Waals surface area contributed by atoms with Crippen molar-refractivity contribution in [2.24, 2.45) is 11.1 Å². The molecule has 2 aromatic heterocycles. The molecule has 4 heterocycles. The SMILES string of the molecule is CC[C@@]1(O)C(=O)OCc2c1cc1n(c2=O)Cc2c-1nc1cc(F)c(C)c3c1c2[C@@H](NC(=O)C1(COCNC(=O)COC(N)=O)CCC1)CC3. The Morgan fingerprint density at radius 3 is 2.67 bits per heavy atom. The van der Waals surface area contributed by atoms with Crippen LogP contribution < -0.4 is 21.9 Å². The number of esters is 1.